The van der Waals surface area contributed by atoms with Crippen molar-refractivity contribution in [2.45, 2.75) is 52.5 Å². The average molecular weight is 265 g/mol. The summed E-state index contributed by atoms with van der Waals surface area (Å²) < 4.78 is 0. The van der Waals surface area contributed by atoms with Crippen molar-refractivity contribution in [2.75, 3.05) is 19.6 Å². The SMILES string of the molecule is CCCN(CC(=O)NC(C)(C#N)C(C)C)CC1CC1. The van der Waals surface area contributed by atoms with Gasteiger partial charge in [0.15, 0.2) is 0 Å². The summed E-state index contributed by atoms with van der Waals surface area (Å²) in [5.74, 6) is 0.850. The fourth-order valence-electron chi connectivity index (χ4n) is 2.05. The van der Waals surface area contributed by atoms with E-state index in [1.165, 1.54) is 12.8 Å². The second-order valence-electron chi connectivity index (χ2n) is 6.20. The van der Waals surface area contributed by atoms with E-state index in [9.17, 15) is 10.1 Å². The number of amides is 1. The number of hydrogen-bond acceptors (Lipinski definition) is 3. The van der Waals surface area contributed by atoms with Gasteiger partial charge in [0.1, 0.15) is 5.54 Å². The molecule has 0 aromatic heterocycles. The van der Waals surface area contributed by atoms with Gasteiger partial charge in [0.05, 0.1) is 12.6 Å². The first-order chi connectivity index (χ1) is 8.91. The van der Waals surface area contributed by atoms with Crippen LogP contribution < -0.4 is 5.32 Å². The van der Waals surface area contributed by atoms with E-state index >= 15 is 0 Å². The van der Waals surface area contributed by atoms with Gasteiger partial charge in [-0.2, -0.15) is 5.26 Å². The van der Waals surface area contributed by atoms with Crippen molar-refractivity contribution in [1.82, 2.24) is 10.2 Å². The van der Waals surface area contributed by atoms with Crippen molar-refractivity contribution < 1.29 is 4.79 Å². The smallest absolute Gasteiger partial charge is 0.235 e. The third-order valence-corrected chi connectivity index (χ3v) is 3.91. The van der Waals surface area contributed by atoms with Gasteiger partial charge >= 0.3 is 0 Å². The number of carbonyl (C=O) groups is 1. The Hall–Kier alpha value is -1.08. The first kappa shape index (κ1) is 16.0. The van der Waals surface area contributed by atoms with Crippen LogP contribution in [0.3, 0.4) is 0 Å². The normalized spacial score (nSPS) is 18.2. The Labute approximate surface area is 117 Å². The summed E-state index contributed by atoms with van der Waals surface area (Å²) in [5.41, 5.74) is -0.769. The molecule has 1 amide bonds. The largest absolute Gasteiger partial charge is 0.337 e. The fourth-order valence-corrected chi connectivity index (χ4v) is 2.05. The lowest BCUT2D eigenvalue weighted by Gasteiger charge is -2.29. The highest BCUT2D eigenvalue weighted by Gasteiger charge is 2.31. The molecule has 1 unspecified atom stereocenters. The van der Waals surface area contributed by atoms with Gasteiger partial charge in [-0.1, -0.05) is 20.8 Å². The molecule has 0 saturated heterocycles. The Balaban J connectivity index is 2.49. The van der Waals surface area contributed by atoms with E-state index in [0.29, 0.717) is 6.54 Å². The first-order valence-corrected chi connectivity index (χ1v) is 7.36. The van der Waals surface area contributed by atoms with E-state index in [4.69, 9.17) is 0 Å². The molecule has 1 fully saturated rings. The zero-order valence-electron chi connectivity index (χ0n) is 12.7. The van der Waals surface area contributed by atoms with Gasteiger partial charge in [0.25, 0.3) is 0 Å². The van der Waals surface area contributed by atoms with Gasteiger partial charge < -0.3 is 5.32 Å². The van der Waals surface area contributed by atoms with Crippen molar-refractivity contribution in [1.29, 1.82) is 5.26 Å². The van der Waals surface area contributed by atoms with Crippen LogP contribution in [0.1, 0.15) is 47.0 Å². The Morgan fingerprint density at radius 3 is 2.58 bits per heavy atom. The maximum atomic E-state index is 12.1. The number of nitriles is 1. The maximum absolute atomic E-state index is 12.1. The summed E-state index contributed by atoms with van der Waals surface area (Å²) >= 11 is 0. The van der Waals surface area contributed by atoms with E-state index in [-0.39, 0.29) is 11.8 Å². The average Bonchev–Trinajstić information content (AvgIpc) is 3.12. The van der Waals surface area contributed by atoms with Crippen LogP contribution in [0.25, 0.3) is 0 Å². The van der Waals surface area contributed by atoms with Crippen LogP contribution in [-0.4, -0.2) is 36.0 Å². The van der Waals surface area contributed by atoms with Crippen molar-refractivity contribution in [2.24, 2.45) is 11.8 Å². The molecular formula is C15H27N3O. The number of nitrogens with zero attached hydrogens (tertiary/aromatic N) is 2. The summed E-state index contributed by atoms with van der Waals surface area (Å²) in [7, 11) is 0. The standard InChI is InChI=1S/C15H27N3O/c1-5-8-18(9-13-6-7-13)10-14(19)17-15(4,11-16)12(2)3/h12-13H,5-10H2,1-4H3,(H,17,19). The molecule has 1 atom stereocenters. The van der Waals surface area contributed by atoms with Gasteiger partial charge in [-0.25, -0.2) is 0 Å². The van der Waals surface area contributed by atoms with Crippen LogP contribution in [0, 0.1) is 23.2 Å². The molecule has 1 N–H and O–H groups in total. The third kappa shape index (κ3) is 5.20. The molecule has 1 aliphatic rings. The van der Waals surface area contributed by atoms with Crippen LogP contribution in [0.2, 0.25) is 0 Å². The molecule has 19 heavy (non-hydrogen) atoms. The predicted octanol–water partition coefficient (Wildman–Crippen LogP) is 2.16. The second-order valence-corrected chi connectivity index (χ2v) is 6.20. The van der Waals surface area contributed by atoms with Gasteiger partial charge in [-0.05, 0) is 44.6 Å². The molecule has 1 aliphatic carbocycles. The van der Waals surface area contributed by atoms with Crippen LogP contribution in [-0.2, 0) is 4.79 Å². The number of nitrogens with one attached hydrogen (secondary N) is 1. The molecule has 0 aliphatic heterocycles. The molecule has 0 aromatic rings. The summed E-state index contributed by atoms with van der Waals surface area (Å²) in [5, 5.41) is 12.1. The first-order valence-electron chi connectivity index (χ1n) is 7.36. The topological polar surface area (TPSA) is 56.1 Å². The lowest BCUT2D eigenvalue weighted by molar-refractivity contribution is -0.123. The number of hydrogen-bond donors (Lipinski definition) is 1. The van der Waals surface area contributed by atoms with Gasteiger partial charge in [-0.15, -0.1) is 0 Å². The number of carbonyl (C=O) groups excluding carboxylic acids is 1. The highest BCUT2D eigenvalue weighted by molar-refractivity contribution is 5.79. The minimum absolute atomic E-state index is 0.0353. The minimum Gasteiger partial charge on any atom is -0.337 e. The van der Waals surface area contributed by atoms with E-state index in [1.54, 1.807) is 6.92 Å². The highest BCUT2D eigenvalue weighted by Crippen LogP contribution is 2.29. The summed E-state index contributed by atoms with van der Waals surface area (Å²) in [6.45, 7) is 10.2. The van der Waals surface area contributed by atoms with Crippen LogP contribution >= 0.6 is 0 Å². The zero-order chi connectivity index (χ0) is 14.5. The van der Waals surface area contributed by atoms with Crippen LogP contribution in [0.4, 0.5) is 0 Å². The molecule has 0 heterocycles. The second kappa shape index (κ2) is 6.91. The molecule has 1 rings (SSSR count). The molecule has 0 bridgehead atoms. The van der Waals surface area contributed by atoms with Crippen molar-refractivity contribution in [3.63, 3.8) is 0 Å². The molecule has 0 spiro atoms. The summed E-state index contributed by atoms with van der Waals surface area (Å²) in [6, 6.07) is 2.22. The predicted molar refractivity (Wildman–Crippen MR) is 76.5 cm³/mol. The molecule has 0 aromatic carbocycles. The van der Waals surface area contributed by atoms with E-state index < -0.39 is 5.54 Å². The summed E-state index contributed by atoms with van der Waals surface area (Å²) in [6.07, 6.45) is 3.65. The fraction of sp³-hybridized carbons (Fsp3) is 0.867. The van der Waals surface area contributed by atoms with Crippen LogP contribution in [0.15, 0.2) is 0 Å². The summed E-state index contributed by atoms with van der Waals surface area (Å²) in [4.78, 5) is 14.3. The highest BCUT2D eigenvalue weighted by atomic mass is 16.2. The lowest BCUT2D eigenvalue weighted by atomic mass is 9.90. The molecule has 4 nitrogen and oxygen atoms in total. The van der Waals surface area contributed by atoms with E-state index in [2.05, 4.69) is 23.2 Å². The Kier molecular flexibility index (Phi) is 5.81. The van der Waals surface area contributed by atoms with Gasteiger partial charge in [0.2, 0.25) is 5.91 Å². The monoisotopic (exact) mass is 265 g/mol. The maximum Gasteiger partial charge on any atom is 0.235 e. The van der Waals surface area contributed by atoms with E-state index in [0.717, 1.165) is 25.4 Å². The zero-order valence-corrected chi connectivity index (χ0v) is 12.7. The Morgan fingerprint density at radius 1 is 1.53 bits per heavy atom. The third-order valence-electron chi connectivity index (χ3n) is 3.91. The van der Waals surface area contributed by atoms with Crippen molar-refractivity contribution in [3.05, 3.63) is 0 Å². The molecule has 1 saturated carbocycles. The van der Waals surface area contributed by atoms with E-state index in [1.807, 2.05) is 13.8 Å². The molecule has 0 radical (unpaired) electrons. The van der Waals surface area contributed by atoms with Crippen LogP contribution in [0.5, 0.6) is 0 Å². The molecule has 4 heteroatoms. The molecule has 108 valence electrons. The lowest BCUT2D eigenvalue weighted by Crippen LogP contribution is -2.52. The number of rotatable bonds is 8. The minimum atomic E-state index is -0.769. The van der Waals surface area contributed by atoms with Crippen molar-refractivity contribution >= 4 is 5.91 Å². The molecular weight excluding hydrogens is 238 g/mol. The van der Waals surface area contributed by atoms with Gasteiger partial charge in [-0.3, -0.25) is 9.69 Å². The Bertz CT molecular complexity index is 344. The van der Waals surface area contributed by atoms with Crippen molar-refractivity contribution in [3.8, 4) is 6.07 Å². The van der Waals surface area contributed by atoms with Gasteiger partial charge in [0, 0.05) is 6.54 Å². The Morgan fingerprint density at radius 2 is 2.16 bits per heavy atom. The quantitative estimate of drug-likeness (QED) is 0.731.